The zero-order chi connectivity index (χ0) is 20.1. The molecule has 3 rings (SSSR count). The van der Waals surface area contributed by atoms with Gasteiger partial charge in [-0.05, 0) is 19.1 Å². The monoisotopic (exact) mass is 382 g/mol. The Balaban J connectivity index is 1.75. The highest BCUT2D eigenvalue weighted by Crippen LogP contribution is 2.26. The van der Waals surface area contributed by atoms with Crippen LogP contribution in [0.5, 0.6) is 5.75 Å². The van der Waals surface area contributed by atoms with E-state index in [1.165, 1.54) is 24.2 Å². The Morgan fingerprint density at radius 1 is 1.32 bits per heavy atom. The molecule has 0 spiro atoms. The maximum Gasteiger partial charge on any atom is 0.319 e. The van der Waals surface area contributed by atoms with E-state index in [-0.39, 0.29) is 17.0 Å². The van der Waals surface area contributed by atoms with Crippen molar-refractivity contribution in [2.45, 2.75) is 13.0 Å². The van der Waals surface area contributed by atoms with Crippen LogP contribution in [0.15, 0.2) is 36.9 Å². The van der Waals surface area contributed by atoms with Crippen molar-refractivity contribution in [2.75, 3.05) is 12.4 Å². The van der Waals surface area contributed by atoms with Gasteiger partial charge in [0.25, 0.3) is 5.95 Å². The molecule has 1 aromatic carbocycles. The van der Waals surface area contributed by atoms with Gasteiger partial charge in [-0.2, -0.15) is 15.0 Å². The van der Waals surface area contributed by atoms with Crippen LogP contribution in [0, 0.1) is 17.1 Å². The van der Waals surface area contributed by atoms with E-state index in [1.54, 1.807) is 25.4 Å². The lowest BCUT2D eigenvalue weighted by Gasteiger charge is -2.15. The average molecular weight is 382 g/mol. The Labute approximate surface area is 159 Å². The summed E-state index contributed by atoms with van der Waals surface area (Å²) < 4.78 is 20.5. The van der Waals surface area contributed by atoms with Gasteiger partial charge in [0.1, 0.15) is 24.0 Å². The Kier molecular flexibility index (Phi) is 5.40. The standard InChI is InChI=1S/C17H15FN8O2/c1-10(15-22-9-23-26(15)16-20-4-3-5-21-16)24-17(27)25-13-7-14(28-2)11(8-19)6-12(13)18/h3-7,9-10H,1-2H3,(H2,24,25,27)/t10-/m0/s1. The fourth-order valence-corrected chi connectivity index (χ4v) is 2.43. The highest BCUT2D eigenvalue weighted by atomic mass is 19.1. The minimum atomic E-state index is -0.763. The van der Waals surface area contributed by atoms with Crippen LogP contribution in [0.2, 0.25) is 0 Å². The van der Waals surface area contributed by atoms with Crippen LogP contribution < -0.4 is 15.4 Å². The summed E-state index contributed by atoms with van der Waals surface area (Å²) in [6, 6.07) is 4.43. The third-order valence-electron chi connectivity index (χ3n) is 3.71. The summed E-state index contributed by atoms with van der Waals surface area (Å²) >= 11 is 0. The number of methoxy groups -OCH3 is 1. The molecule has 11 heteroatoms. The molecule has 28 heavy (non-hydrogen) atoms. The molecule has 0 saturated heterocycles. The molecule has 2 heterocycles. The van der Waals surface area contributed by atoms with Crippen molar-refractivity contribution in [3.8, 4) is 17.8 Å². The number of carbonyl (C=O) groups excluding carboxylic acids is 1. The van der Waals surface area contributed by atoms with Gasteiger partial charge >= 0.3 is 6.03 Å². The van der Waals surface area contributed by atoms with Crippen molar-refractivity contribution in [3.63, 3.8) is 0 Å². The number of urea groups is 1. The molecule has 0 aliphatic carbocycles. The van der Waals surface area contributed by atoms with E-state index in [0.29, 0.717) is 11.8 Å². The molecule has 0 bridgehead atoms. The molecule has 0 aliphatic rings. The summed E-state index contributed by atoms with van der Waals surface area (Å²) in [6.45, 7) is 1.68. The highest BCUT2D eigenvalue weighted by molar-refractivity contribution is 5.90. The summed E-state index contributed by atoms with van der Waals surface area (Å²) in [7, 11) is 1.35. The van der Waals surface area contributed by atoms with Crippen molar-refractivity contribution in [2.24, 2.45) is 0 Å². The van der Waals surface area contributed by atoms with Crippen LogP contribution in [-0.4, -0.2) is 37.9 Å². The second-order valence-electron chi connectivity index (χ2n) is 5.54. The number of hydrogen-bond acceptors (Lipinski definition) is 7. The molecule has 1 atom stereocenters. The SMILES string of the molecule is COc1cc(NC(=O)N[C@@H](C)c2ncnn2-c2ncccn2)c(F)cc1C#N. The molecule has 0 radical (unpaired) electrons. The number of ether oxygens (including phenoxy) is 1. The highest BCUT2D eigenvalue weighted by Gasteiger charge is 2.19. The third-order valence-corrected chi connectivity index (χ3v) is 3.71. The van der Waals surface area contributed by atoms with Gasteiger partial charge in [0.15, 0.2) is 5.82 Å². The van der Waals surface area contributed by atoms with Gasteiger partial charge in [-0.3, -0.25) is 0 Å². The molecule has 10 nitrogen and oxygen atoms in total. The first-order valence-electron chi connectivity index (χ1n) is 8.06. The number of carbonyl (C=O) groups is 1. The molecule has 0 unspecified atom stereocenters. The summed E-state index contributed by atoms with van der Waals surface area (Å²) in [5, 5.41) is 18.0. The van der Waals surface area contributed by atoms with E-state index in [9.17, 15) is 9.18 Å². The number of nitrogens with one attached hydrogen (secondary N) is 2. The van der Waals surface area contributed by atoms with Gasteiger partial charge < -0.3 is 15.4 Å². The lowest BCUT2D eigenvalue weighted by molar-refractivity contribution is 0.248. The number of benzene rings is 1. The minimum Gasteiger partial charge on any atom is -0.495 e. The Morgan fingerprint density at radius 2 is 2.07 bits per heavy atom. The fraction of sp³-hybridized carbons (Fsp3) is 0.176. The molecule has 0 saturated carbocycles. The zero-order valence-electron chi connectivity index (χ0n) is 14.9. The van der Waals surface area contributed by atoms with Crippen molar-refractivity contribution in [3.05, 3.63) is 54.1 Å². The molecule has 142 valence electrons. The van der Waals surface area contributed by atoms with E-state index >= 15 is 0 Å². The van der Waals surface area contributed by atoms with Crippen LogP contribution in [0.4, 0.5) is 14.9 Å². The Morgan fingerprint density at radius 3 is 2.75 bits per heavy atom. The first-order chi connectivity index (χ1) is 13.5. The second-order valence-corrected chi connectivity index (χ2v) is 5.54. The normalized spacial score (nSPS) is 11.4. The number of rotatable bonds is 5. The molecule has 2 amide bonds. The number of nitrogens with zero attached hydrogens (tertiary/aromatic N) is 6. The topological polar surface area (TPSA) is 131 Å². The zero-order valence-corrected chi connectivity index (χ0v) is 14.9. The van der Waals surface area contributed by atoms with Gasteiger partial charge in [0.2, 0.25) is 0 Å². The van der Waals surface area contributed by atoms with Gasteiger partial charge in [-0.15, -0.1) is 0 Å². The van der Waals surface area contributed by atoms with Crippen LogP contribution in [0.25, 0.3) is 5.95 Å². The van der Waals surface area contributed by atoms with E-state index in [2.05, 4.69) is 30.7 Å². The van der Waals surface area contributed by atoms with Crippen LogP contribution in [0.1, 0.15) is 24.4 Å². The van der Waals surface area contributed by atoms with Crippen molar-refractivity contribution < 1.29 is 13.9 Å². The lowest BCUT2D eigenvalue weighted by atomic mass is 10.2. The number of halogens is 1. The van der Waals surface area contributed by atoms with Crippen molar-refractivity contribution in [1.29, 1.82) is 5.26 Å². The van der Waals surface area contributed by atoms with Crippen LogP contribution in [0.3, 0.4) is 0 Å². The third kappa shape index (κ3) is 3.85. The number of amides is 2. The minimum absolute atomic E-state index is 0.0234. The molecule has 3 aromatic rings. The van der Waals surface area contributed by atoms with E-state index in [0.717, 1.165) is 6.07 Å². The summed E-state index contributed by atoms with van der Waals surface area (Å²) in [6.07, 6.45) is 4.42. The van der Waals surface area contributed by atoms with E-state index in [1.807, 2.05) is 6.07 Å². The molecule has 2 N–H and O–H groups in total. The van der Waals surface area contributed by atoms with Crippen molar-refractivity contribution in [1.82, 2.24) is 30.0 Å². The summed E-state index contributed by atoms with van der Waals surface area (Å²) in [5.41, 5.74) is -0.108. The number of anilines is 1. The van der Waals surface area contributed by atoms with Gasteiger partial charge in [-0.1, -0.05) is 0 Å². The summed E-state index contributed by atoms with van der Waals surface area (Å²) in [5.74, 6) is 0.0698. The molecule has 0 aliphatic heterocycles. The maximum atomic E-state index is 14.1. The molecular formula is C17H15FN8O2. The smallest absolute Gasteiger partial charge is 0.319 e. The fourth-order valence-electron chi connectivity index (χ4n) is 2.43. The number of nitriles is 1. The predicted octanol–water partition coefficient (Wildman–Crippen LogP) is 1.96. The maximum absolute atomic E-state index is 14.1. The molecular weight excluding hydrogens is 367 g/mol. The van der Waals surface area contributed by atoms with Gasteiger partial charge in [-0.25, -0.2) is 24.1 Å². The van der Waals surface area contributed by atoms with Crippen molar-refractivity contribution >= 4 is 11.7 Å². The lowest BCUT2D eigenvalue weighted by Crippen LogP contribution is -2.33. The quantitative estimate of drug-likeness (QED) is 0.689. The van der Waals surface area contributed by atoms with E-state index in [4.69, 9.17) is 10.00 Å². The Hall–Kier alpha value is -4.07. The number of hydrogen-bond donors (Lipinski definition) is 2. The van der Waals surface area contributed by atoms with Crippen LogP contribution in [-0.2, 0) is 0 Å². The average Bonchev–Trinajstić information content (AvgIpc) is 3.20. The van der Waals surface area contributed by atoms with Crippen LogP contribution >= 0.6 is 0 Å². The van der Waals surface area contributed by atoms with E-state index < -0.39 is 17.9 Å². The largest absolute Gasteiger partial charge is 0.495 e. The number of aromatic nitrogens is 5. The molecule has 0 fully saturated rings. The molecule has 2 aromatic heterocycles. The van der Waals surface area contributed by atoms with Gasteiger partial charge in [0.05, 0.1) is 24.4 Å². The first-order valence-corrected chi connectivity index (χ1v) is 8.06. The first kappa shape index (κ1) is 18.7. The Bertz CT molecular complexity index is 1030. The van der Waals surface area contributed by atoms with Gasteiger partial charge in [0, 0.05) is 18.5 Å². The summed E-state index contributed by atoms with van der Waals surface area (Å²) in [4.78, 5) is 24.6. The predicted molar refractivity (Wildman–Crippen MR) is 95.2 cm³/mol. The second kappa shape index (κ2) is 8.09.